The van der Waals surface area contributed by atoms with E-state index < -0.39 is 10.0 Å². The number of amides is 1. The number of piperazine rings is 1. The van der Waals surface area contributed by atoms with Crippen LogP contribution >= 0.6 is 0 Å². The Kier molecular flexibility index (Phi) is 5.84. The molecule has 7 heteroatoms. The van der Waals surface area contributed by atoms with Gasteiger partial charge in [-0.15, -0.1) is 0 Å². The van der Waals surface area contributed by atoms with E-state index in [4.69, 9.17) is 0 Å². The Morgan fingerprint density at radius 1 is 1.03 bits per heavy atom. The van der Waals surface area contributed by atoms with Crippen molar-refractivity contribution in [3.63, 3.8) is 0 Å². The normalized spacial score (nSPS) is 17.7. The Bertz CT molecular complexity index is 1040. The van der Waals surface area contributed by atoms with Crippen LogP contribution in [0.15, 0.2) is 47.4 Å². The molecule has 0 aromatic heterocycles. The van der Waals surface area contributed by atoms with Crippen LogP contribution in [0.2, 0.25) is 0 Å². The fraction of sp³-hybridized carbons (Fsp3) is 0.435. The molecule has 0 radical (unpaired) electrons. The van der Waals surface area contributed by atoms with Gasteiger partial charge >= 0.3 is 0 Å². The second-order valence-electron chi connectivity index (χ2n) is 8.49. The third-order valence-electron chi connectivity index (χ3n) is 5.89. The summed E-state index contributed by atoms with van der Waals surface area (Å²) in [5, 5.41) is 0. The van der Waals surface area contributed by atoms with Gasteiger partial charge in [0.2, 0.25) is 0 Å². The highest BCUT2D eigenvalue weighted by Crippen LogP contribution is 2.30. The molecule has 2 aromatic carbocycles. The Balaban J connectivity index is 1.49. The molecule has 1 saturated carbocycles. The fourth-order valence-corrected chi connectivity index (χ4v) is 4.97. The standard InChI is InChI=1S/C23H29N3O3S/c1-17-4-3-5-20(14-17)24-30(28,29)21-9-6-18(2)22(15-21)23(27)26-12-10-25(11-13-26)16-19-7-8-19/h3-6,9,14-15,19,24H,7-8,10-13,16H2,1-2H3. The number of nitrogens with zero attached hydrogens (tertiary/aromatic N) is 2. The Morgan fingerprint density at radius 2 is 1.77 bits per heavy atom. The minimum atomic E-state index is -3.78. The van der Waals surface area contributed by atoms with Crippen LogP contribution in [-0.2, 0) is 10.0 Å². The van der Waals surface area contributed by atoms with Gasteiger partial charge in [-0.1, -0.05) is 18.2 Å². The zero-order chi connectivity index (χ0) is 21.3. The Morgan fingerprint density at radius 3 is 2.43 bits per heavy atom. The van der Waals surface area contributed by atoms with Crippen molar-refractivity contribution in [1.29, 1.82) is 0 Å². The molecule has 0 unspecified atom stereocenters. The average Bonchev–Trinajstić information content (AvgIpc) is 3.52. The minimum absolute atomic E-state index is 0.0915. The molecule has 0 atom stereocenters. The van der Waals surface area contributed by atoms with E-state index in [0.29, 0.717) is 24.3 Å². The van der Waals surface area contributed by atoms with Gasteiger partial charge in [0, 0.05) is 44.0 Å². The molecule has 160 valence electrons. The number of benzene rings is 2. The summed E-state index contributed by atoms with van der Waals surface area (Å²) in [6.07, 6.45) is 2.66. The van der Waals surface area contributed by atoms with Gasteiger partial charge < -0.3 is 4.90 Å². The predicted molar refractivity (Wildman–Crippen MR) is 118 cm³/mol. The summed E-state index contributed by atoms with van der Waals surface area (Å²) >= 11 is 0. The molecule has 1 amide bonds. The third-order valence-corrected chi connectivity index (χ3v) is 7.27. The Hall–Kier alpha value is -2.38. The molecule has 2 aliphatic rings. The summed E-state index contributed by atoms with van der Waals surface area (Å²) in [7, 11) is -3.78. The van der Waals surface area contributed by atoms with Gasteiger partial charge in [-0.2, -0.15) is 0 Å². The maximum absolute atomic E-state index is 13.1. The maximum atomic E-state index is 13.1. The quantitative estimate of drug-likeness (QED) is 0.768. The van der Waals surface area contributed by atoms with Gasteiger partial charge in [0.15, 0.2) is 0 Å². The maximum Gasteiger partial charge on any atom is 0.261 e. The van der Waals surface area contributed by atoms with Crippen LogP contribution in [0.4, 0.5) is 5.69 Å². The zero-order valence-corrected chi connectivity index (χ0v) is 18.4. The fourth-order valence-electron chi connectivity index (χ4n) is 3.89. The molecule has 1 N–H and O–H groups in total. The molecular weight excluding hydrogens is 398 g/mol. The highest BCUT2D eigenvalue weighted by Gasteiger charge is 2.29. The number of nitrogens with one attached hydrogen (secondary N) is 1. The molecule has 0 bridgehead atoms. The average molecular weight is 428 g/mol. The van der Waals surface area contributed by atoms with E-state index in [-0.39, 0.29) is 10.8 Å². The van der Waals surface area contributed by atoms with Crippen molar-refractivity contribution in [2.45, 2.75) is 31.6 Å². The Labute approximate surface area is 178 Å². The lowest BCUT2D eigenvalue weighted by Crippen LogP contribution is -2.49. The van der Waals surface area contributed by atoms with Crippen molar-refractivity contribution in [2.75, 3.05) is 37.4 Å². The molecule has 0 spiro atoms. The SMILES string of the molecule is Cc1cccc(NS(=O)(=O)c2ccc(C)c(C(=O)N3CCN(CC4CC4)CC3)c2)c1. The first kappa shape index (κ1) is 20.9. The van der Waals surface area contributed by atoms with E-state index in [0.717, 1.165) is 36.7 Å². The smallest absolute Gasteiger partial charge is 0.261 e. The van der Waals surface area contributed by atoms with Crippen LogP contribution in [0, 0.1) is 19.8 Å². The molecule has 2 aromatic rings. The van der Waals surface area contributed by atoms with Gasteiger partial charge in [-0.25, -0.2) is 8.42 Å². The second-order valence-corrected chi connectivity index (χ2v) is 10.2. The van der Waals surface area contributed by atoms with Crippen LogP contribution in [-0.4, -0.2) is 56.8 Å². The van der Waals surface area contributed by atoms with Crippen LogP contribution in [0.3, 0.4) is 0 Å². The molecule has 30 heavy (non-hydrogen) atoms. The van der Waals surface area contributed by atoms with Crippen LogP contribution in [0.5, 0.6) is 0 Å². The number of sulfonamides is 1. The summed E-state index contributed by atoms with van der Waals surface area (Å²) in [5.74, 6) is 0.753. The van der Waals surface area contributed by atoms with Gasteiger partial charge in [-0.05, 0) is 68.0 Å². The number of carbonyl (C=O) groups excluding carboxylic acids is 1. The predicted octanol–water partition coefficient (Wildman–Crippen LogP) is 3.27. The van der Waals surface area contributed by atoms with E-state index in [2.05, 4.69) is 9.62 Å². The molecule has 2 fully saturated rings. The number of hydrogen-bond donors (Lipinski definition) is 1. The van der Waals surface area contributed by atoms with E-state index in [1.807, 2.05) is 24.8 Å². The van der Waals surface area contributed by atoms with Gasteiger partial charge in [0.05, 0.1) is 4.90 Å². The number of hydrogen-bond acceptors (Lipinski definition) is 4. The minimum Gasteiger partial charge on any atom is -0.336 e. The van der Waals surface area contributed by atoms with Crippen LogP contribution in [0.1, 0.15) is 34.3 Å². The lowest BCUT2D eigenvalue weighted by molar-refractivity contribution is 0.0631. The second kappa shape index (κ2) is 8.40. The van der Waals surface area contributed by atoms with E-state index in [1.54, 1.807) is 30.3 Å². The summed E-state index contributed by atoms with van der Waals surface area (Å²) in [5.41, 5.74) is 2.72. The summed E-state index contributed by atoms with van der Waals surface area (Å²) in [6.45, 7) is 8.03. The zero-order valence-electron chi connectivity index (χ0n) is 17.6. The first-order valence-electron chi connectivity index (χ1n) is 10.5. The topological polar surface area (TPSA) is 69.7 Å². The van der Waals surface area contributed by atoms with E-state index >= 15 is 0 Å². The van der Waals surface area contributed by atoms with E-state index in [1.165, 1.54) is 18.9 Å². The number of carbonyl (C=O) groups is 1. The largest absolute Gasteiger partial charge is 0.336 e. The number of rotatable bonds is 6. The van der Waals surface area contributed by atoms with Crippen LogP contribution < -0.4 is 4.72 Å². The molecule has 1 saturated heterocycles. The summed E-state index contributed by atoms with van der Waals surface area (Å²) in [4.78, 5) is 17.5. The highest BCUT2D eigenvalue weighted by atomic mass is 32.2. The summed E-state index contributed by atoms with van der Waals surface area (Å²) < 4.78 is 28.4. The van der Waals surface area contributed by atoms with Crippen LogP contribution in [0.25, 0.3) is 0 Å². The van der Waals surface area contributed by atoms with E-state index in [9.17, 15) is 13.2 Å². The lowest BCUT2D eigenvalue weighted by Gasteiger charge is -2.35. The van der Waals surface area contributed by atoms with Crippen molar-refractivity contribution >= 4 is 21.6 Å². The van der Waals surface area contributed by atoms with Gasteiger partial charge in [0.25, 0.3) is 15.9 Å². The molecule has 1 heterocycles. The highest BCUT2D eigenvalue weighted by molar-refractivity contribution is 7.92. The van der Waals surface area contributed by atoms with Gasteiger partial charge in [-0.3, -0.25) is 14.4 Å². The lowest BCUT2D eigenvalue weighted by atomic mass is 10.1. The van der Waals surface area contributed by atoms with Crippen molar-refractivity contribution in [2.24, 2.45) is 5.92 Å². The molecule has 1 aliphatic heterocycles. The number of anilines is 1. The molecule has 6 nitrogen and oxygen atoms in total. The van der Waals surface area contributed by atoms with Crippen molar-refractivity contribution in [3.05, 3.63) is 59.2 Å². The number of aryl methyl sites for hydroxylation is 2. The monoisotopic (exact) mass is 427 g/mol. The van der Waals surface area contributed by atoms with Crippen molar-refractivity contribution < 1.29 is 13.2 Å². The molecule has 4 rings (SSSR count). The summed E-state index contributed by atoms with van der Waals surface area (Å²) in [6, 6.07) is 12.0. The first-order valence-corrected chi connectivity index (χ1v) is 12.0. The molecular formula is C23H29N3O3S. The molecule has 1 aliphatic carbocycles. The van der Waals surface area contributed by atoms with Crippen molar-refractivity contribution in [3.8, 4) is 0 Å². The third kappa shape index (κ3) is 4.84. The first-order chi connectivity index (χ1) is 14.3. The van der Waals surface area contributed by atoms with Gasteiger partial charge in [0.1, 0.15) is 0 Å². The van der Waals surface area contributed by atoms with Crippen molar-refractivity contribution in [1.82, 2.24) is 9.80 Å².